The Balaban J connectivity index is 2.61. The van der Waals surface area contributed by atoms with Gasteiger partial charge in [-0.2, -0.15) is 0 Å². The van der Waals surface area contributed by atoms with Crippen molar-refractivity contribution in [3.05, 3.63) is 22.8 Å². The second-order valence-electron chi connectivity index (χ2n) is 3.65. The first-order chi connectivity index (χ1) is 7.11. The van der Waals surface area contributed by atoms with Gasteiger partial charge in [0.15, 0.2) is 0 Å². The van der Waals surface area contributed by atoms with Crippen LogP contribution in [0.15, 0.2) is 22.8 Å². The van der Waals surface area contributed by atoms with Gasteiger partial charge in [0.1, 0.15) is 6.61 Å². The number of nitrogens with zero attached hydrogens (tertiary/aromatic N) is 1. The van der Waals surface area contributed by atoms with Crippen LogP contribution in [0, 0.1) is 0 Å². The molecule has 1 heterocycles. The molecule has 0 aromatic carbocycles. The predicted molar refractivity (Wildman–Crippen MR) is 64.9 cm³/mol. The summed E-state index contributed by atoms with van der Waals surface area (Å²) in [6.07, 6.45) is 3.50. The van der Waals surface area contributed by atoms with Gasteiger partial charge in [-0.3, -0.25) is 0 Å². The first-order valence-corrected chi connectivity index (χ1v) is 5.93. The molecule has 0 unspecified atom stereocenters. The van der Waals surface area contributed by atoms with Gasteiger partial charge >= 0.3 is 0 Å². The molecule has 0 bridgehead atoms. The summed E-state index contributed by atoms with van der Waals surface area (Å²) in [7, 11) is 0. The highest BCUT2D eigenvalue weighted by atomic mass is 79.9. The van der Waals surface area contributed by atoms with E-state index in [9.17, 15) is 0 Å². The quantitative estimate of drug-likeness (QED) is 0.897. The molecule has 0 fully saturated rings. The lowest BCUT2D eigenvalue weighted by atomic mass is 9.96. The average Bonchev–Trinajstić information content (AvgIpc) is 2.28. The van der Waals surface area contributed by atoms with Crippen LogP contribution in [0.1, 0.15) is 26.7 Å². The van der Waals surface area contributed by atoms with Gasteiger partial charge in [-0.15, -0.1) is 0 Å². The molecule has 84 valence electrons. The Labute approximate surface area is 99.2 Å². The first-order valence-electron chi connectivity index (χ1n) is 5.13. The lowest BCUT2D eigenvalue weighted by Gasteiger charge is -2.26. The van der Waals surface area contributed by atoms with Gasteiger partial charge in [-0.1, -0.05) is 13.8 Å². The third-order valence-electron chi connectivity index (χ3n) is 2.63. The molecule has 4 heteroatoms. The summed E-state index contributed by atoms with van der Waals surface area (Å²) >= 11 is 3.38. The van der Waals surface area contributed by atoms with E-state index in [-0.39, 0.29) is 5.54 Å². The lowest BCUT2D eigenvalue weighted by Crippen LogP contribution is -2.44. The molecule has 0 amide bonds. The minimum atomic E-state index is -0.253. The Bertz CT molecular complexity index is 313. The van der Waals surface area contributed by atoms with Crippen molar-refractivity contribution >= 4 is 15.9 Å². The highest BCUT2D eigenvalue weighted by Gasteiger charge is 2.21. The molecule has 3 nitrogen and oxygen atoms in total. The third kappa shape index (κ3) is 3.47. The van der Waals surface area contributed by atoms with Crippen molar-refractivity contribution < 1.29 is 4.74 Å². The average molecular weight is 273 g/mol. The van der Waals surface area contributed by atoms with Gasteiger partial charge in [0, 0.05) is 11.7 Å². The maximum Gasteiger partial charge on any atom is 0.227 e. The molecule has 0 saturated carbocycles. The predicted octanol–water partition coefficient (Wildman–Crippen LogP) is 2.74. The zero-order chi connectivity index (χ0) is 11.3. The number of nitrogens with two attached hydrogens (primary N) is 1. The van der Waals surface area contributed by atoms with Gasteiger partial charge in [0.25, 0.3) is 0 Å². The highest BCUT2D eigenvalue weighted by molar-refractivity contribution is 9.10. The summed E-state index contributed by atoms with van der Waals surface area (Å²) in [4.78, 5) is 4.13. The van der Waals surface area contributed by atoms with Crippen LogP contribution in [0.2, 0.25) is 0 Å². The fraction of sp³-hybridized carbons (Fsp3) is 0.545. The van der Waals surface area contributed by atoms with Crippen molar-refractivity contribution in [1.29, 1.82) is 0 Å². The number of rotatable bonds is 5. The van der Waals surface area contributed by atoms with Gasteiger partial charge in [-0.25, -0.2) is 4.98 Å². The SMILES string of the molecule is CCC(N)(CC)COc1ncccc1Br. The van der Waals surface area contributed by atoms with Gasteiger partial charge in [0.2, 0.25) is 5.88 Å². The van der Waals surface area contributed by atoms with Crippen molar-refractivity contribution in [1.82, 2.24) is 4.98 Å². The Morgan fingerprint density at radius 2 is 2.13 bits per heavy atom. The van der Waals surface area contributed by atoms with Crippen molar-refractivity contribution in [3.63, 3.8) is 0 Å². The van der Waals surface area contributed by atoms with Crippen LogP contribution in [0.5, 0.6) is 5.88 Å². The van der Waals surface area contributed by atoms with Crippen LogP contribution >= 0.6 is 15.9 Å². The summed E-state index contributed by atoms with van der Waals surface area (Å²) in [6.45, 7) is 4.64. The third-order valence-corrected chi connectivity index (χ3v) is 3.23. The molecule has 0 saturated heterocycles. The number of hydrogen-bond acceptors (Lipinski definition) is 3. The largest absolute Gasteiger partial charge is 0.475 e. The molecule has 1 rings (SSSR count). The molecule has 1 aromatic rings. The van der Waals surface area contributed by atoms with E-state index < -0.39 is 0 Å². The summed E-state index contributed by atoms with van der Waals surface area (Å²) in [5, 5.41) is 0. The van der Waals surface area contributed by atoms with Gasteiger partial charge < -0.3 is 10.5 Å². The number of halogens is 1. The smallest absolute Gasteiger partial charge is 0.227 e. The highest BCUT2D eigenvalue weighted by Crippen LogP contribution is 2.22. The summed E-state index contributed by atoms with van der Waals surface area (Å²) in [5.74, 6) is 0.606. The van der Waals surface area contributed by atoms with Crippen LogP contribution in [0.4, 0.5) is 0 Å². The minimum absolute atomic E-state index is 0.253. The molecular formula is C11H17BrN2O. The van der Waals surface area contributed by atoms with E-state index in [4.69, 9.17) is 10.5 Å². The van der Waals surface area contributed by atoms with E-state index in [1.54, 1.807) is 6.20 Å². The van der Waals surface area contributed by atoms with Crippen LogP contribution in [-0.2, 0) is 0 Å². The van der Waals surface area contributed by atoms with Crippen LogP contribution in [0.25, 0.3) is 0 Å². The summed E-state index contributed by atoms with van der Waals surface area (Å²) in [5.41, 5.74) is 5.87. The molecule has 0 aliphatic rings. The zero-order valence-electron chi connectivity index (χ0n) is 9.16. The van der Waals surface area contributed by atoms with Crippen molar-refractivity contribution in [2.24, 2.45) is 5.73 Å². The van der Waals surface area contributed by atoms with Crippen LogP contribution < -0.4 is 10.5 Å². The van der Waals surface area contributed by atoms with E-state index >= 15 is 0 Å². The Hall–Kier alpha value is -0.610. The lowest BCUT2D eigenvalue weighted by molar-refractivity contribution is 0.199. The van der Waals surface area contributed by atoms with Crippen LogP contribution in [0.3, 0.4) is 0 Å². The number of ether oxygens (including phenoxy) is 1. The van der Waals surface area contributed by atoms with E-state index in [2.05, 4.69) is 34.8 Å². The van der Waals surface area contributed by atoms with Gasteiger partial charge in [-0.05, 0) is 40.9 Å². The zero-order valence-corrected chi connectivity index (χ0v) is 10.8. The number of aromatic nitrogens is 1. The second-order valence-corrected chi connectivity index (χ2v) is 4.50. The van der Waals surface area contributed by atoms with Gasteiger partial charge in [0.05, 0.1) is 4.47 Å². The van der Waals surface area contributed by atoms with E-state index in [1.807, 2.05) is 12.1 Å². The minimum Gasteiger partial charge on any atom is -0.475 e. The maximum absolute atomic E-state index is 6.13. The maximum atomic E-state index is 6.13. The molecule has 0 atom stereocenters. The molecule has 2 N–H and O–H groups in total. The van der Waals surface area contributed by atoms with E-state index in [0.29, 0.717) is 12.5 Å². The van der Waals surface area contributed by atoms with Crippen LogP contribution in [-0.4, -0.2) is 17.1 Å². The molecule has 0 aliphatic heterocycles. The Kier molecular flexibility index (Phi) is 4.54. The van der Waals surface area contributed by atoms with Crippen molar-refractivity contribution in [3.8, 4) is 5.88 Å². The normalized spacial score (nSPS) is 11.5. The molecule has 15 heavy (non-hydrogen) atoms. The first kappa shape index (κ1) is 12.5. The Morgan fingerprint density at radius 3 is 2.67 bits per heavy atom. The molecule has 0 radical (unpaired) electrons. The monoisotopic (exact) mass is 272 g/mol. The van der Waals surface area contributed by atoms with Crippen molar-refractivity contribution in [2.45, 2.75) is 32.2 Å². The van der Waals surface area contributed by atoms with E-state index in [0.717, 1.165) is 17.3 Å². The molecule has 0 aliphatic carbocycles. The standard InChI is InChI=1S/C11H17BrN2O/c1-3-11(13,4-2)8-15-10-9(12)6-5-7-14-10/h5-7H,3-4,8,13H2,1-2H3. The number of pyridine rings is 1. The Morgan fingerprint density at radius 1 is 1.47 bits per heavy atom. The number of hydrogen-bond donors (Lipinski definition) is 1. The second kappa shape index (κ2) is 5.47. The molecular weight excluding hydrogens is 256 g/mol. The summed E-state index contributed by atoms with van der Waals surface area (Å²) in [6, 6.07) is 3.75. The fourth-order valence-electron chi connectivity index (χ4n) is 1.14. The topological polar surface area (TPSA) is 48.1 Å². The fourth-order valence-corrected chi connectivity index (χ4v) is 1.51. The van der Waals surface area contributed by atoms with Crippen molar-refractivity contribution in [2.75, 3.05) is 6.61 Å². The summed E-state index contributed by atoms with van der Waals surface area (Å²) < 4.78 is 6.46. The van der Waals surface area contributed by atoms with E-state index in [1.165, 1.54) is 0 Å². The molecule has 0 spiro atoms. The molecule has 1 aromatic heterocycles.